The van der Waals surface area contributed by atoms with E-state index in [0.29, 0.717) is 17.1 Å². The Morgan fingerprint density at radius 1 is 0.806 bits per heavy atom. The Hall–Kier alpha value is -4.43. The standard InChI is InChI=1S/C28H24N4O3S/c1-32-25-15-9-8-14-24(25)29-27(32)26(20-10-4-2-5-11-20)30-28(33)21-16-18-23(19-17-21)36(34,35)31-22-12-6-3-7-13-22/h2-19,26,31H,1H3,(H,30,33). The largest absolute Gasteiger partial charge is 0.338 e. The van der Waals surface area contributed by atoms with Gasteiger partial charge < -0.3 is 9.88 Å². The summed E-state index contributed by atoms with van der Waals surface area (Å²) in [7, 11) is -1.86. The molecule has 1 amide bonds. The van der Waals surface area contributed by atoms with Crippen LogP contribution in [0.1, 0.15) is 27.8 Å². The average molecular weight is 497 g/mol. The Balaban J connectivity index is 1.42. The molecule has 36 heavy (non-hydrogen) atoms. The number of anilines is 1. The van der Waals surface area contributed by atoms with Crippen molar-refractivity contribution in [2.24, 2.45) is 7.05 Å². The number of nitrogens with zero attached hydrogens (tertiary/aromatic N) is 2. The van der Waals surface area contributed by atoms with Crippen LogP contribution in [0.5, 0.6) is 0 Å². The first-order valence-corrected chi connectivity index (χ1v) is 12.9. The van der Waals surface area contributed by atoms with Crippen LogP contribution >= 0.6 is 0 Å². The van der Waals surface area contributed by atoms with E-state index in [1.807, 2.05) is 72.3 Å². The second-order valence-electron chi connectivity index (χ2n) is 8.33. The van der Waals surface area contributed by atoms with E-state index in [1.54, 1.807) is 24.3 Å². The maximum Gasteiger partial charge on any atom is 0.261 e. The van der Waals surface area contributed by atoms with Crippen molar-refractivity contribution in [1.29, 1.82) is 0 Å². The fraction of sp³-hybridized carbons (Fsp3) is 0.0714. The van der Waals surface area contributed by atoms with Crippen LogP contribution in [0.2, 0.25) is 0 Å². The molecule has 1 aromatic heterocycles. The minimum absolute atomic E-state index is 0.0675. The van der Waals surface area contributed by atoms with Crippen LogP contribution in [-0.4, -0.2) is 23.9 Å². The topological polar surface area (TPSA) is 93.1 Å². The number of fused-ring (bicyclic) bond motifs is 1. The van der Waals surface area contributed by atoms with Crippen molar-refractivity contribution in [2.75, 3.05) is 4.72 Å². The lowest BCUT2D eigenvalue weighted by molar-refractivity contribution is 0.0941. The van der Waals surface area contributed by atoms with Crippen LogP contribution in [0, 0.1) is 0 Å². The Morgan fingerprint density at radius 3 is 2.08 bits per heavy atom. The van der Waals surface area contributed by atoms with Gasteiger partial charge in [0.2, 0.25) is 0 Å². The number of sulfonamides is 1. The van der Waals surface area contributed by atoms with E-state index >= 15 is 0 Å². The third-order valence-electron chi connectivity index (χ3n) is 5.94. The molecule has 0 fully saturated rings. The molecule has 0 saturated carbocycles. The number of rotatable bonds is 7. The Kier molecular flexibility index (Phi) is 6.26. The van der Waals surface area contributed by atoms with E-state index in [4.69, 9.17) is 4.98 Å². The number of hydrogen-bond acceptors (Lipinski definition) is 4. The molecule has 7 nitrogen and oxygen atoms in total. The van der Waals surface area contributed by atoms with Gasteiger partial charge in [-0.1, -0.05) is 60.7 Å². The molecule has 180 valence electrons. The highest BCUT2D eigenvalue weighted by Gasteiger charge is 2.23. The molecule has 1 heterocycles. The van der Waals surface area contributed by atoms with Crippen LogP contribution in [0.4, 0.5) is 5.69 Å². The van der Waals surface area contributed by atoms with Crippen molar-refractivity contribution in [3.8, 4) is 0 Å². The van der Waals surface area contributed by atoms with Crippen molar-refractivity contribution >= 4 is 32.7 Å². The lowest BCUT2D eigenvalue weighted by Crippen LogP contribution is -2.31. The van der Waals surface area contributed by atoms with Gasteiger partial charge in [-0.05, 0) is 54.1 Å². The number of amides is 1. The molecule has 0 aliphatic rings. The van der Waals surface area contributed by atoms with Gasteiger partial charge in [0.15, 0.2) is 0 Å². The predicted octanol–water partition coefficient (Wildman–Crippen LogP) is 4.89. The highest BCUT2D eigenvalue weighted by molar-refractivity contribution is 7.92. The van der Waals surface area contributed by atoms with Gasteiger partial charge in [-0.3, -0.25) is 9.52 Å². The van der Waals surface area contributed by atoms with E-state index in [2.05, 4.69) is 10.0 Å². The normalized spacial score (nSPS) is 12.2. The second-order valence-corrected chi connectivity index (χ2v) is 10.0. The van der Waals surface area contributed by atoms with Crippen LogP contribution in [-0.2, 0) is 17.1 Å². The lowest BCUT2D eigenvalue weighted by Gasteiger charge is -2.19. The average Bonchev–Trinajstić information content (AvgIpc) is 3.24. The van der Waals surface area contributed by atoms with E-state index in [0.717, 1.165) is 16.6 Å². The Bertz CT molecular complexity index is 1610. The van der Waals surface area contributed by atoms with E-state index in [9.17, 15) is 13.2 Å². The van der Waals surface area contributed by atoms with Gasteiger partial charge in [-0.25, -0.2) is 13.4 Å². The summed E-state index contributed by atoms with van der Waals surface area (Å²) < 4.78 is 30.0. The molecule has 0 radical (unpaired) electrons. The highest BCUT2D eigenvalue weighted by Crippen LogP contribution is 2.26. The third kappa shape index (κ3) is 4.71. The molecule has 0 aliphatic carbocycles. The molecule has 0 saturated heterocycles. The maximum atomic E-state index is 13.3. The minimum atomic E-state index is -3.78. The molecule has 2 N–H and O–H groups in total. The monoisotopic (exact) mass is 496 g/mol. The van der Waals surface area contributed by atoms with Gasteiger partial charge in [0.25, 0.3) is 15.9 Å². The summed E-state index contributed by atoms with van der Waals surface area (Å²) in [6, 6.07) is 31.4. The van der Waals surface area contributed by atoms with Gasteiger partial charge >= 0.3 is 0 Å². The number of benzene rings is 4. The van der Waals surface area contributed by atoms with Crippen molar-refractivity contribution in [3.63, 3.8) is 0 Å². The van der Waals surface area contributed by atoms with Crippen molar-refractivity contribution in [2.45, 2.75) is 10.9 Å². The van der Waals surface area contributed by atoms with Gasteiger partial charge in [0, 0.05) is 18.3 Å². The molecule has 0 bridgehead atoms. The third-order valence-corrected chi connectivity index (χ3v) is 7.34. The summed E-state index contributed by atoms with van der Waals surface area (Å²) in [4.78, 5) is 18.1. The number of aromatic nitrogens is 2. The summed E-state index contributed by atoms with van der Waals surface area (Å²) in [5, 5.41) is 3.08. The number of nitrogens with one attached hydrogen (secondary N) is 2. The summed E-state index contributed by atoms with van der Waals surface area (Å²) in [5.41, 5.74) is 3.49. The SMILES string of the molecule is Cn1c(C(NC(=O)c2ccc(S(=O)(=O)Nc3ccccc3)cc2)c2ccccc2)nc2ccccc21. The maximum absolute atomic E-state index is 13.3. The molecule has 8 heteroatoms. The van der Waals surface area contributed by atoms with Gasteiger partial charge in [-0.2, -0.15) is 0 Å². The summed E-state index contributed by atoms with van der Waals surface area (Å²) in [5.74, 6) is 0.359. The predicted molar refractivity (Wildman–Crippen MR) is 140 cm³/mol. The van der Waals surface area contributed by atoms with E-state index < -0.39 is 16.1 Å². The minimum Gasteiger partial charge on any atom is -0.338 e. The summed E-state index contributed by atoms with van der Waals surface area (Å²) in [6.07, 6.45) is 0. The van der Waals surface area contributed by atoms with Crippen LogP contribution in [0.25, 0.3) is 11.0 Å². The zero-order valence-electron chi connectivity index (χ0n) is 19.5. The summed E-state index contributed by atoms with van der Waals surface area (Å²) >= 11 is 0. The number of carbonyl (C=O) groups is 1. The quantitative estimate of drug-likeness (QED) is 0.335. The molecule has 1 atom stereocenters. The van der Waals surface area contributed by atoms with Crippen molar-refractivity contribution in [3.05, 3.63) is 126 Å². The molecule has 5 rings (SSSR count). The molecule has 0 aliphatic heterocycles. The van der Waals surface area contributed by atoms with Crippen LogP contribution in [0.15, 0.2) is 114 Å². The molecule has 5 aromatic rings. The highest BCUT2D eigenvalue weighted by atomic mass is 32.2. The number of aryl methyl sites for hydroxylation is 1. The van der Waals surface area contributed by atoms with Gasteiger partial charge in [0.05, 0.1) is 15.9 Å². The zero-order valence-corrected chi connectivity index (χ0v) is 20.3. The van der Waals surface area contributed by atoms with E-state index in [-0.39, 0.29) is 10.8 Å². The Labute approximate surface area is 209 Å². The number of carbonyl (C=O) groups excluding carboxylic acids is 1. The zero-order chi connectivity index (χ0) is 25.1. The first-order valence-electron chi connectivity index (χ1n) is 11.4. The lowest BCUT2D eigenvalue weighted by atomic mass is 10.1. The van der Waals surface area contributed by atoms with Gasteiger partial charge in [-0.15, -0.1) is 0 Å². The van der Waals surface area contributed by atoms with Crippen LogP contribution in [0.3, 0.4) is 0 Å². The van der Waals surface area contributed by atoms with Gasteiger partial charge in [0.1, 0.15) is 11.9 Å². The van der Waals surface area contributed by atoms with Crippen molar-refractivity contribution in [1.82, 2.24) is 14.9 Å². The molecule has 1 unspecified atom stereocenters. The van der Waals surface area contributed by atoms with Crippen molar-refractivity contribution < 1.29 is 13.2 Å². The first kappa shape index (κ1) is 23.3. The number of hydrogen-bond donors (Lipinski definition) is 2. The molecule has 4 aromatic carbocycles. The smallest absolute Gasteiger partial charge is 0.261 e. The molecular formula is C28H24N4O3S. The van der Waals surface area contributed by atoms with Crippen LogP contribution < -0.4 is 10.0 Å². The number of para-hydroxylation sites is 3. The Morgan fingerprint density at radius 2 is 1.42 bits per heavy atom. The summed E-state index contributed by atoms with van der Waals surface area (Å²) in [6.45, 7) is 0. The fourth-order valence-electron chi connectivity index (χ4n) is 4.08. The molecule has 0 spiro atoms. The number of imidazole rings is 1. The first-order chi connectivity index (χ1) is 17.4. The molecular weight excluding hydrogens is 472 g/mol. The van der Waals surface area contributed by atoms with E-state index in [1.165, 1.54) is 24.3 Å². The second kappa shape index (κ2) is 9.67. The fourth-order valence-corrected chi connectivity index (χ4v) is 5.14.